The summed E-state index contributed by atoms with van der Waals surface area (Å²) in [4.78, 5) is 0. The number of anilines is 1. The first-order valence-corrected chi connectivity index (χ1v) is 5.78. The molecule has 0 saturated carbocycles. The zero-order valence-electron chi connectivity index (χ0n) is 10.1. The normalized spacial score (nSPS) is 14.5. The molecule has 1 unspecified atom stereocenters. The van der Waals surface area contributed by atoms with E-state index in [-0.39, 0.29) is 12.1 Å². The lowest BCUT2D eigenvalue weighted by Crippen LogP contribution is -2.38. The van der Waals surface area contributed by atoms with Crippen molar-refractivity contribution >= 4 is 16.6 Å². The molecule has 90 valence electrons. The number of nitrogens with one attached hydrogen (secondary N) is 1. The standard InChI is InChI=1S/C13H17N3O/c1-3-13(2,9-17)15-12-8-14-16-11-7-5-4-6-10(11)12/h4-8,17H,3,9H2,1-2H3,(H,15,16). The van der Waals surface area contributed by atoms with Crippen molar-refractivity contribution in [2.45, 2.75) is 25.8 Å². The van der Waals surface area contributed by atoms with Crippen LogP contribution in [0, 0.1) is 0 Å². The maximum absolute atomic E-state index is 9.42. The fourth-order valence-electron chi connectivity index (χ4n) is 1.67. The van der Waals surface area contributed by atoms with Crippen molar-refractivity contribution in [1.29, 1.82) is 0 Å². The van der Waals surface area contributed by atoms with Gasteiger partial charge in [0.05, 0.1) is 29.5 Å². The van der Waals surface area contributed by atoms with E-state index in [2.05, 4.69) is 15.5 Å². The third-order valence-electron chi connectivity index (χ3n) is 3.11. The Balaban J connectivity index is 2.42. The highest BCUT2D eigenvalue weighted by atomic mass is 16.3. The van der Waals surface area contributed by atoms with Crippen molar-refractivity contribution < 1.29 is 5.11 Å². The molecule has 0 aliphatic carbocycles. The predicted molar refractivity (Wildman–Crippen MR) is 68.9 cm³/mol. The molecule has 17 heavy (non-hydrogen) atoms. The summed E-state index contributed by atoms with van der Waals surface area (Å²) in [5.74, 6) is 0. The van der Waals surface area contributed by atoms with E-state index in [1.807, 2.05) is 38.1 Å². The van der Waals surface area contributed by atoms with Gasteiger partial charge < -0.3 is 10.4 Å². The molecule has 0 aliphatic heterocycles. The SMILES string of the molecule is CCC(C)(CO)Nc1cnnc2ccccc12. The molecular formula is C13H17N3O. The second-order valence-corrected chi connectivity index (χ2v) is 4.47. The van der Waals surface area contributed by atoms with Crippen molar-refractivity contribution in [2.75, 3.05) is 11.9 Å². The van der Waals surface area contributed by atoms with E-state index in [0.717, 1.165) is 23.0 Å². The van der Waals surface area contributed by atoms with Gasteiger partial charge in [-0.15, -0.1) is 0 Å². The summed E-state index contributed by atoms with van der Waals surface area (Å²) in [6.07, 6.45) is 2.53. The first-order chi connectivity index (χ1) is 8.18. The van der Waals surface area contributed by atoms with E-state index >= 15 is 0 Å². The fraction of sp³-hybridized carbons (Fsp3) is 0.385. The third kappa shape index (κ3) is 2.36. The highest BCUT2D eigenvalue weighted by molar-refractivity contribution is 5.90. The van der Waals surface area contributed by atoms with Crippen LogP contribution in [-0.4, -0.2) is 27.4 Å². The molecule has 0 fully saturated rings. The number of benzene rings is 1. The number of aliphatic hydroxyl groups excluding tert-OH is 1. The number of hydrogen-bond acceptors (Lipinski definition) is 4. The summed E-state index contributed by atoms with van der Waals surface area (Å²) in [7, 11) is 0. The van der Waals surface area contributed by atoms with Crippen LogP contribution in [0.5, 0.6) is 0 Å². The van der Waals surface area contributed by atoms with Crippen LogP contribution in [0.3, 0.4) is 0 Å². The number of aromatic nitrogens is 2. The van der Waals surface area contributed by atoms with Gasteiger partial charge >= 0.3 is 0 Å². The number of hydrogen-bond donors (Lipinski definition) is 2. The Bertz CT molecular complexity index is 503. The second kappa shape index (κ2) is 4.67. The number of rotatable bonds is 4. The van der Waals surface area contributed by atoms with Crippen LogP contribution >= 0.6 is 0 Å². The van der Waals surface area contributed by atoms with Crippen LogP contribution in [0.4, 0.5) is 5.69 Å². The van der Waals surface area contributed by atoms with Crippen molar-refractivity contribution in [3.05, 3.63) is 30.5 Å². The Labute approximate surface area is 101 Å². The molecule has 0 radical (unpaired) electrons. The van der Waals surface area contributed by atoms with E-state index in [9.17, 15) is 5.11 Å². The van der Waals surface area contributed by atoms with E-state index < -0.39 is 0 Å². The molecule has 1 atom stereocenters. The highest BCUT2D eigenvalue weighted by Crippen LogP contribution is 2.24. The molecule has 0 spiro atoms. The Morgan fingerprint density at radius 1 is 1.35 bits per heavy atom. The zero-order valence-corrected chi connectivity index (χ0v) is 10.1. The van der Waals surface area contributed by atoms with Gasteiger partial charge in [-0.05, 0) is 19.4 Å². The molecule has 1 heterocycles. The zero-order chi connectivity index (χ0) is 12.3. The number of aliphatic hydroxyl groups is 1. The fourth-order valence-corrected chi connectivity index (χ4v) is 1.67. The van der Waals surface area contributed by atoms with Gasteiger partial charge in [0.25, 0.3) is 0 Å². The molecule has 4 heteroatoms. The molecule has 0 amide bonds. The minimum absolute atomic E-state index is 0.0835. The van der Waals surface area contributed by atoms with Gasteiger partial charge in [-0.25, -0.2) is 0 Å². The lowest BCUT2D eigenvalue weighted by molar-refractivity contribution is 0.219. The molecule has 2 aromatic rings. The molecule has 0 bridgehead atoms. The summed E-state index contributed by atoms with van der Waals surface area (Å²) < 4.78 is 0. The van der Waals surface area contributed by atoms with Crippen LogP contribution in [0.2, 0.25) is 0 Å². The lowest BCUT2D eigenvalue weighted by atomic mass is 9.99. The molecule has 2 N–H and O–H groups in total. The number of nitrogens with zero attached hydrogens (tertiary/aromatic N) is 2. The van der Waals surface area contributed by atoms with Crippen LogP contribution in [0.15, 0.2) is 30.5 Å². The van der Waals surface area contributed by atoms with E-state index in [1.165, 1.54) is 0 Å². The first kappa shape index (κ1) is 11.8. The Kier molecular flexibility index (Phi) is 3.24. The van der Waals surface area contributed by atoms with E-state index in [4.69, 9.17) is 0 Å². The topological polar surface area (TPSA) is 58.0 Å². The second-order valence-electron chi connectivity index (χ2n) is 4.47. The summed E-state index contributed by atoms with van der Waals surface area (Å²) in [6.45, 7) is 4.11. The largest absolute Gasteiger partial charge is 0.394 e. The van der Waals surface area contributed by atoms with E-state index in [0.29, 0.717) is 0 Å². The molecule has 0 aliphatic rings. The molecule has 4 nitrogen and oxygen atoms in total. The minimum Gasteiger partial charge on any atom is -0.394 e. The summed E-state index contributed by atoms with van der Waals surface area (Å²) in [6, 6.07) is 7.83. The van der Waals surface area contributed by atoms with Gasteiger partial charge in [0, 0.05) is 5.39 Å². The van der Waals surface area contributed by atoms with Gasteiger partial charge in [0.1, 0.15) is 0 Å². The molecule has 2 rings (SSSR count). The third-order valence-corrected chi connectivity index (χ3v) is 3.11. The average molecular weight is 231 g/mol. The van der Waals surface area contributed by atoms with Crippen molar-refractivity contribution in [3.63, 3.8) is 0 Å². The molecule has 0 saturated heterocycles. The summed E-state index contributed by atoms with van der Waals surface area (Å²) >= 11 is 0. The smallest absolute Gasteiger partial charge is 0.0950 e. The molecular weight excluding hydrogens is 214 g/mol. The molecule has 1 aromatic heterocycles. The van der Waals surface area contributed by atoms with Crippen molar-refractivity contribution in [2.24, 2.45) is 0 Å². The summed E-state index contributed by atoms with van der Waals surface area (Å²) in [5.41, 5.74) is 1.44. The minimum atomic E-state index is -0.328. The monoisotopic (exact) mass is 231 g/mol. The Hall–Kier alpha value is -1.68. The number of fused-ring (bicyclic) bond motifs is 1. The summed E-state index contributed by atoms with van der Waals surface area (Å²) in [5, 5.41) is 21.8. The van der Waals surface area contributed by atoms with Crippen LogP contribution in [0.25, 0.3) is 10.9 Å². The van der Waals surface area contributed by atoms with Gasteiger partial charge in [-0.1, -0.05) is 25.1 Å². The van der Waals surface area contributed by atoms with Crippen LogP contribution in [0.1, 0.15) is 20.3 Å². The van der Waals surface area contributed by atoms with Gasteiger partial charge in [-0.2, -0.15) is 10.2 Å². The highest BCUT2D eigenvalue weighted by Gasteiger charge is 2.21. The lowest BCUT2D eigenvalue weighted by Gasteiger charge is -2.28. The van der Waals surface area contributed by atoms with Gasteiger partial charge in [0.15, 0.2) is 0 Å². The maximum Gasteiger partial charge on any atom is 0.0950 e. The first-order valence-electron chi connectivity index (χ1n) is 5.78. The maximum atomic E-state index is 9.42. The molecule has 1 aromatic carbocycles. The van der Waals surface area contributed by atoms with Crippen LogP contribution in [-0.2, 0) is 0 Å². The van der Waals surface area contributed by atoms with E-state index in [1.54, 1.807) is 6.20 Å². The predicted octanol–water partition coefficient (Wildman–Crippen LogP) is 2.20. The van der Waals surface area contributed by atoms with Gasteiger partial charge in [0.2, 0.25) is 0 Å². The van der Waals surface area contributed by atoms with Crippen molar-refractivity contribution in [3.8, 4) is 0 Å². The average Bonchev–Trinajstić information content (AvgIpc) is 2.39. The Morgan fingerprint density at radius 3 is 2.82 bits per heavy atom. The van der Waals surface area contributed by atoms with Crippen LogP contribution < -0.4 is 5.32 Å². The quantitative estimate of drug-likeness (QED) is 0.847. The van der Waals surface area contributed by atoms with Crippen molar-refractivity contribution in [1.82, 2.24) is 10.2 Å². The Morgan fingerprint density at radius 2 is 2.12 bits per heavy atom. The van der Waals surface area contributed by atoms with Gasteiger partial charge in [-0.3, -0.25) is 0 Å².